The lowest BCUT2D eigenvalue weighted by Gasteiger charge is -2.29. The molecular weight excluding hydrogens is 226 g/mol. The Morgan fingerprint density at radius 3 is 2.22 bits per heavy atom. The molecule has 1 N–H and O–H groups in total. The first kappa shape index (κ1) is 17.4. The second-order valence-corrected chi connectivity index (χ2v) is 5.38. The molecule has 0 radical (unpaired) electrons. The maximum atomic E-state index is 10.9. The molecule has 0 aromatic heterocycles. The number of rotatable bonds is 11. The molecular formula is C15H31NO2. The Hall–Kier alpha value is -0.570. The van der Waals surface area contributed by atoms with E-state index in [0.717, 1.165) is 6.54 Å². The van der Waals surface area contributed by atoms with E-state index in [4.69, 9.17) is 5.11 Å². The van der Waals surface area contributed by atoms with E-state index in [0.29, 0.717) is 12.6 Å². The summed E-state index contributed by atoms with van der Waals surface area (Å²) < 4.78 is 0. The summed E-state index contributed by atoms with van der Waals surface area (Å²) in [6.45, 7) is 9.96. The maximum absolute atomic E-state index is 10.9. The van der Waals surface area contributed by atoms with E-state index in [1.165, 1.54) is 38.5 Å². The van der Waals surface area contributed by atoms with Crippen LogP contribution in [0, 0.1) is 5.92 Å². The molecule has 0 saturated heterocycles. The van der Waals surface area contributed by atoms with Crippen molar-refractivity contribution in [3.63, 3.8) is 0 Å². The van der Waals surface area contributed by atoms with Crippen molar-refractivity contribution in [2.45, 2.75) is 72.3 Å². The van der Waals surface area contributed by atoms with Gasteiger partial charge in [0.25, 0.3) is 0 Å². The molecule has 18 heavy (non-hydrogen) atoms. The molecule has 108 valence electrons. The minimum absolute atomic E-state index is 0.271. The Morgan fingerprint density at radius 2 is 1.72 bits per heavy atom. The predicted octanol–water partition coefficient (Wildman–Crippen LogP) is 3.78. The monoisotopic (exact) mass is 257 g/mol. The normalized spacial score (nSPS) is 14.7. The Morgan fingerprint density at radius 1 is 1.11 bits per heavy atom. The van der Waals surface area contributed by atoms with E-state index in [-0.39, 0.29) is 5.92 Å². The van der Waals surface area contributed by atoms with Gasteiger partial charge in [0.15, 0.2) is 0 Å². The molecule has 0 aliphatic heterocycles. The fourth-order valence-corrected chi connectivity index (χ4v) is 2.28. The fourth-order valence-electron chi connectivity index (χ4n) is 2.28. The molecule has 2 atom stereocenters. The first-order valence-electron chi connectivity index (χ1n) is 7.49. The van der Waals surface area contributed by atoms with Crippen LogP contribution in [0.25, 0.3) is 0 Å². The lowest BCUT2D eigenvalue weighted by Crippen LogP contribution is -2.38. The van der Waals surface area contributed by atoms with Crippen molar-refractivity contribution in [1.82, 2.24) is 4.90 Å². The zero-order chi connectivity index (χ0) is 14.0. The SMILES string of the molecule is CCCCCCCC(C)N(CC)CC(C)C(=O)O. The quantitative estimate of drug-likeness (QED) is 0.573. The van der Waals surface area contributed by atoms with Crippen molar-refractivity contribution in [3.8, 4) is 0 Å². The standard InChI is InChI=1S/C15H31NO2/c1-5-7-8-9-10-11-14(4)16(6-2)12-13(3)15(17)18/h13-14H,5-12H2,1-4H3,(H,17,18). The van der Waals surface area contributed by atoms with Gasteiger partial charge < -0.3 is 10.0 Å². The van der Waals surface area contributed by atoms with E-state index >= 15 is 0 Å². The molecule has 0 rings (SSSR count). The van der Waals surface area contributed by atoms with Crippen LogP contribution in [0.2, 0.25) is 0 Å². The lowest BCUT2D eigenvalue weighted by atomic mass is 10.0. The van der Waals surface area contributed by atoms with Gasteiger partial charge in [-0.2, -0.15) is 0 Å². The second kappa shape index (κ2) is 10.4. The van der Waals surface area contributed by atoms with Gasteiger partial charge in [0, 0.05) is 12.6 Å². The fraction of sp³-hybridized carbons (Fsp3) is 0.933. The molecule has 0 fully saturated rings. The van der Waals surface area contributed by atoms with E-state index in [1.54, 1.807) is 6.92 Å². The molecule has 0 saturated carbocycles. The summed E-state index contributed by atoms with van der Waals surface area (Å²) in [6.07, 6.45) is 7.71. The highest BCUT2D eigenvalue weighted by molar-refractivity contribution is 5.69. The van der Waals surface area contributed by atoms with Crippen molar-refractivity contribution in [2.75, 3.05) is 13.1 Å². The number of hydrogen-bond acceptors (Lipinski definition) is 2. The number of hydrogen-bond donors (Lipinski definition) is 1. The van der Waals surface area contributed by atoms with Gasteiger partial charge in [-0.25, -0.2) is 0 Å². The van der Waals surface area contributed by atoms with Crippen LogP contribution in [-0.4, -0.2) is 35.1 Å². The molecule has 0 aromatic carbocycles. The molecule has 3 nitrogen and oxygen atoms in total. The van der Waals surface area contributed by atoms with Crippen molar-refractivity contribution >= 4 is 5.97 Å². The van der Waals surface area contributed by atoms with Crippen molar-refractivity contribution in [3.05, 3.63) is 0 Å². The Bertz CT molecular complexity index is 219. The molecule has 0 aliphatic carbocycles. The summed E-state index contributed by atoms with van der Waals surface area (Å²) in [5.41, 5.74) is 0. The average Bonchev–Trinajstić information content (AvgIpc) is 2.34. The number of unbranched alkanes of at least 4 members (excludes halogenated alkanes) is 4. The van der Waals surface area contributed by atoms with Gasteiger partial charge in [-0.3, -0.25) is 4.79 Å². The average molecular weight is 257 g/mol. The third-order valence-corrected chi connectivity index (χ3v) is 3.68. The highest BCUT2D eigenvalue weighted by Gasteiger charge is 2.18. The highest BCUT2D eigenvalue weighted by atomic mass is 16.4. The number of carboxylic acid groups (broad SMARTS) is 1. The first-order chi connectivity index (χ1) is 8.52. The molecule has 2 unspecified atom stereocenters. The summed E-state index contributed by atoms with van der Waals surface area (Å²) in [7, 11) is 0. The minimum Gasteiger partial charge on any atom is -0.481 e. The van der Waals surface area contributed by atoms with E-state index in [1.807, 2.05) is 0 Å². The van der Waals surface area contributed by atoms with Crippen LogP contribution >= 0.6 is 0 Å². The van der Waals surface area contributed by atoms with Crippen LogP contribution < -0.4 is 0 Å². The summed E-state index contributed by atoms with van der Waals surface area (Å²) >= 11 is 0. The zero-order valence-electron chi connectivity index (χ0n) is 12.6. The van der Waals surface area contributed by atoms with Crippen LogP contribution in [0.1, 0.15) is 66.2 Å². The molecule has 3 heteroatoms. The second-order valence-electron chi connectivity index (χ2n) is 5.38. The highest BCUT2D eigenvalue weighted by Crippen LogP contribution is 2.13. The van der Waals surface area contributed by atoms with Gasteiger partial charge in [0.05, 0.1) is 5.92 Å². The molecule has 0 heterocycles. The van der Waals surface area contributed by atoms with Crippen LogP contribution in [0.5, 0.6) is 0 Å². The van der Waals surface area contributed by atoms with Crippen LogP contribution in [0.3, 0.4) is 0 Å². The topological polar surface area (TPSA) is 40.5 Å². The van der Waals surface area contributed by atoms with Crippen LogP contribution in [0.4, 0.5) is 0 Å². The van der Waals surface area contributed by atoms with Crippen LogP contribution in [-0.2, 0) is 4.79 Å². The first-order valence-corrected chi connectivity index (χ1v) is 7.49. The van der Waals surface area contributed by atoms with Gasteiger partial charge in [0.2, 0.25) is 0 Å². The molecule has 0 spiro atoms. The van der Waals surface area contributed by atoms with E-state index < -0.39 is 5.97 Å². The lowest BCUT2D eigenvalue weighted by molar-refractivity contribution is -0.141. The van der Waals surface area contributed by atoms with Crippen molar-refractivity contribution in [2.24, 2.45) is 5.92 Å². The van der Waals surface area contributed by atoms with Gasteiger partial charge in [-0.1, -0.05) is 52.9 Å². The smallest absolute Gasteiger partial charge is 0.307 e. The number of nitrogens with zero attached hydrogens (tertiary/aromatic N) is 1. The largest absolute Gasteiger partial charge is 0.481 e. The Balaban J connectivity index is 3.88. The Kier molecular flexibility index (Phi) is 10.0. The van der Waals surface area contributed by atoms with Gasteiger partial charge in [-0.05, 0) is 19.9 Å². The van der Waals surface area contributed by atoms with E-state index in [2.05, 4.69) is 25.7 Å². The van der Waals surface area contributed by atoms with Gasteiger partial charge >= 0.3 is 5.97 Å². The minimum atomic E-state index is -0.691. The van der Waals surface area contributed by atoms with Crippen molar-refractivity contribution < 1.29 is 9.90 Å². The van der Waals surface area contributed by atoms with E-state index in [9.17, 15) is 4.79 Å². The van der Waals surface area contributed by atoms with Crippen molar-refractivity contribution in [1.29, 1.82) is 0 Å². The third-order valence-electron chi connectivity index (χ3n) is 3.68. The zero-order valence-corrected chi connectivity index (χ0v) is 12.6. The molecule has 0 amide bonds. The molecule has 0 aromatic rings. The van der Waals surface area contributed by atoms with Gasteiger partial charge in [0.1, 0.15) is 0 Å². The Labute approximate surface area is 113 Å². The molecule has 0 aliphatic rings. The van der Waals surface area contributed by atoms with Gasteiger partial charge in [-0.15, -0.1) is 0 Å². The number of carbonyl (C=O) groups is 1. The summed E-state index contributed by atoms with van der Waals surface area (Å²) in [5, 5.41) is 8.95. The van der Waals surface area contributed by atoms with Crippen LogP contribution in [0.15, 0.2) is 0 Å². The maximum Gasteiger partial charge on any atom is 0.307 e. The number of aliphatic carboxylic acids is 1. The molecule has 0 bridgehead atoms. The summed E-state index contributed by atoms with van der Waals surface area (Å²) in [4.78, 5) is 13.2. The number of carboxylic acids is 1. The third kappa shape index (κ3) is 7.70. The summed E-state index contributed by atoms with van der Waals surface area (Å²) in [5.74, 6) is -0.962. The predicted molar refractivity (Wildman–Crippen MR) is 76.9 cm³/mol. The summed E-state index contributed by atoms with van der Waals surface area (Å²) in [6, 6.07) is 0.499.